The number of aliphatic hydroxyl groups is 1. The summed E-state index contributed by atoms with van der Waals surface area (Å²) >= 11 is 1.59. The third-order valence-corrected chi connectivity index (χ3v) is 4.69. The van der Waals surface area contributed by atoms with E-state index in [2.05, 4.69) is 16.6 Å². The first-order valence-electron chi connectivity index (χ1n) is 5.70. The number of thioether (sulfide) groups is 1. The summed E-state index contributed by atoms with van der Waals surface area (Å²) in [5.41, 5.74) is 0.671. The van der Waals surface area contributed by atoms with Gasteiger partial charge in [-0.3, -0.25) is 0 Å². The van der Waals surface area contributed by atoms with Gasteiger partial charge in [-0.2, -0.15) is 11.8 Å². The van der Waals surface area contributed by atoms with Crippen molar-refractivity contribution in [1.29, 1.82) is 0 Å². The molecule has 0 spiro atoms. The Kier molecular flexibility index (Phi) is 6.38. The van der Waals surface area contributed by atoms with Gasteiger partial charge < -0.3 is 5.11 Å². The molecule has 4 nitrogen and oxygen atoms in total. The first kappa shape index (κ1) is 16.1. The summed E-state index contributed by atoms with van der Waals surface area (Å²) in [7, 11) is -3.48. The van der Waals surface area contributed by atoms with Crippen LogP contribution in [0, 0.1) is 11.8 Å². The summed E-state index contributed by atoms with van der Waals surface area (Å²) in [6.45, 7) is 1.61. The highest BCUT2D eigenvalue weighted by Gasteiger charge is 2.16. The second-order valence-corrected chi connectivity index (χ2v) is 6.59. The lowest BCUT2D eigenvalue weighted by atomic mass is 10.2. The predicted molar refractivity (Wildman–Crippen MR) is 78.6 cm³/mol. The van der Waals surface area contributed by atoms with Gasteiger partial charge in [0.15, 0.2) is 0 Å². The Balaban J connectivity index is 2.84. The quantitative estimate of drug-likeness (QED) is 0.798. The SMILES string of the molecule is CSCC(C)NS(=O)(=O)c1ccc(C#CCO)cc1. The molecule has 0 radical (unpaired) electrons. The van der Waals surface area contributed by atoms with Crippen LogP contribution in [0.4, 0.5) is 0 Å². The number of aliphatic hydroxyl groups excluding tert-OH is 1. The number of nitrogens with one attached hydrogen (secondary N) is 1. The minimum absolute atomic E-state index is 0.117. The van der Waals surface area contributed by atoms with Gasteiger partial charge in [0.05, 0.1) is 4.90 Å². The van der Waals surface area contributed by atoms with Crippen molar-refractivity contribution in [3.05, 3.63) is 29.8 Å². The summed E-state index contributed by atoms with van der Waals surface area (Å²) in [6.07, 6.45) is 1.93. The van der Waals surface area contributed by atoms with Gasteiger partial charge in [0, 0.05) is 17.4 Å². The van der Waals surface area contributed by atoms with E-state index >= 15 is 0 Å². The molecule has 0 saturated carbocycles. The van der Waals surface area contributed by atoms with Crippen LogP contribution in [0.2, 0.25) is 0 Å². The first-order valence-corrected chi connectivity index (χ1v) is 8.58. The Labute approximate surface area is 118 Å². The Hall–Kier alpha value is -1.00. The fourth-order valence-electron chi connectivity index (χ4n) is 1.48. The summed E-state index contributed by atoms with van der Waals surface area (Å²) in [6, 6.07) is 6.15. The third kappa shape index (κ3) is 5.25. The van der Waals surface area contributed by atoms with Crippen molar-refractivity contribution in [2.45, 2.75) is 17.9 Å². The molecule has 1 aromatic carbocycles. The summed E-state index contributed by atoms with van der Waals surface area (Å²) in [5.74, 6) is 5.95. The molecule has 1 aromatic rings. The van der Waals surface area contributed by atoms with E-state index in [9.17, 15) is 8.42 Å². The van der Waals surface area contributed by atoms with Crippen molar-refractivity contribution in [3.8, 4) is 11.8 Å². The second-order valence-electron chi connectivity index (χ2n) is 3.96. The Morgan fingerprint density at radius 1 is 1.37 bits per heavy atom. The summed E-state index contributed by atoms with van der Waals surface area (Å²) in [5, 5.41) is 8.58. The van der Waals surface area contributed by atoms with Crippen LogP contribution in [0.25, 0.3) is 0 Å². The normalized spacial score (nSPS) is 12.6. The molecule has 0 saturated heterocycles. The predicted octanol–water partition coefficient (Wildman–Crippen LogP) is 1.06. The van der Waals surface area contributed by atoms with Crippen LogP contribution >= 0.6 is 11.8 Å². The van der Waals surface area contributed by atoms with Crippen LogP contribution < -0.4 is 4.72 Å². The van der Waals surface area contributed by atoms with Gasteiger partial charge in [-0.25, -0.2) is 13.1 Å². The van der Waals surface area contributed by atoms with Crippen molar-refractivity contribution < 1.29 is 13.5 Å². The lowest BCUT2D eigenvalue weighted by Crippen LogP contribution is -2.34. The van der Waals surface area contributed by atoms with Gasteiger partial charge in [0.25, 0.3) is 0 Å². The van der Waals surface area contributed by atoms with Crippen LogP contribution in [-0.2, 0) is 10.0 Å². The van der Waals surface area contributed by atoms with Gasteiger partial charge in [0.2, 0.25) is 10.0 Å². The van der Waals surface area contributed by atoms with E-state index in [-0.39, 0.29) is 17.5 Å². The molecular weight excluding hydrogens is 282 g/mol. The second kappa shape index (κ2) is 7.56. The molecule has 1 unspecified atom stereocenters. The average Bonchev–Trinajstić information content (AvgIpc) is 2.36. The summed E-state index contributed by atoms with van der Waals surface area (Å²) in [4.78, 5) is 0.218. The van der Waals surface area contributed by atoms with Crippen molar-refractivity contribution >= 4 is 21.8 Å². The molecule has 0 aliphatic heterocycles. The van der Waals surface area contributed by atoms with Crippen LogP contribution in [0.5, 0.6) is 0 Å². The molecule has 0 fully saturated rings. The van der Waals surface area contributed by atoms with Crippen molar-refractivity contribution in [2.24, 2.45) is 0 Å². The van der Waals surface area contributed by atoms with E-state index in [0.717, 1.165) is 5.75 Å². The molecule has 1 atom stereocenters. The molecule has 0 heterocycles. The molecule has 1 rings (SSSR count). The highest BCUT2D eigenvalue weighted by molar-refractivity contribution is 7.98. The highest BCUT2D eigenvalue weighted by atomic mass is 32.2. The van der Waals surface area contributed by atoms with Gasteiger partial charge >= 0.3 is 0 Å². The van der Waals surface area contributed by atoms with E-state index in [1.165, 1.54) is 12.1 Å². The molecule has 0 bridgehead atoms. The third-order valence-electron chi connectivity index (χ3n) is 2.25. The smallest absolute Gasteiger partial charge is 0.240 e. The maximum atomic E-state index is 12.0. The molecule has 0 aliphatic carbocycles. The topological polar surface area (TPSA) is 66.4 Å². The fraction of sp³-hybridized carbons (Fsp3) is 0.385. The molecular formula is C13H17NO3S2. The fourth-order valence-corrected chi connectivity index (χ4v) is 3.41. The Morgan fingerprint density at radius 3 is 2.53 bits per heavy atom. The average molecular weight is 299 g/mol. The number of benzene rings is 1. The van der Waals surface area contributed by atoms with Crippen molar-refractivity contribution in [1.82, 2.24) is 4.72 Å². The lowest BCUT2D eigenvalue weighted by Gasteiger charge is -2.12. The molecule has 0 aliphatic rings. The number of hydrogen-bond acceptors (Lipinski definition) is 4. The zero-order valence-corrected chi connectivity index (χ0v) is 12.5. The van der Waals surface area contributed by atoms with E-state index in [1.54, 1.807) is 23.9 Å². The van der Waals surface area contributed by atoms with E-state index in [0.29, 0.717) is 5.56 Å². The summed E-state index contributed by atoms with van der Waals surface area (Å²) < 4.78 is 26.7. The van der Waals surface area contributed by atoms with Gasteiger partial charge in [-0.05, 0) is 37.4 Å². The molecule has 0 amide bonds. The molecule has 19 heavy (non-hydrogen) atoms. The standard InChI is InChI=1S/C13H17NO3S2/c1-11(10-18-2)14-19(16,17)13-7-5-12(6-8-13)4-3-9-15/h5-8,11,14-15H,9-10H2,1-2H3. The number of sulfonamides is 1. The molecule has 104 valence electrons. The van der Waals surface area contributed by atoms with Gasteiger partial charge in [-0.1, -0.05) is 11.8 Å². The van der Waals surface area contributed by atoms with E-state index in [4.69, 9.17) is 5.11 Å². The molecule has 0 aromatic heterocycles. The van der Waals surface area contributed by atoms with Crippen LogP contribution in [0.1, 0.15) is 12.5 Å². The maximum absolute atomic E-state index is 12.0. The maximum Gasteiger partial charge on any atom is 0.240 e. The minimum Gasteiger partial charge on any atom is -0.384 e. The zero-order chi connectivity index (χ0) is 14.3. The molecule has 6 heteroatoms. The lowest BCUT2D eigenvalue weighted by molar-refractivity contribution is 0.350. The first-order chi connectivity index (χ1) is 8.99. The Bertz CT molecular complexity index is 556. The minimum atomic E-state index is -3.48. The van der Waals surface area contributed by atoms with Crippen molar-refractivity contribution in [3.63, 3.8) is 0 Å². The van der Waals surface area contributed by atoms with Gasteiger partial charge in [0.1, 0.15) is 6.61 Å². The van der Waals surface area contributed by atoms with Crippen LogP contribution in [0.15, 0.2) is 29.2 Å². The van der Waals surface area contributed by atoms with Crippen LogP contribution in [0.3, 0.4) is 0 Å². The highest BCUT2D eigenvalue weighted by Crippen LogP contribution is 2.11. The largest absolute Gasteiger partial charge is 0.384 e. The van der Waals surface area contributed by atoms with Gasteiger partial charge in [-0.15, -0.1) is 0 Å². The van der Waals surface area contributed by atoms with Crippen molar-refractivity contribution in [2.75, 3.05) is 18.6 Å². The molecule has 2 N–H and O–H groups in total. The monoisotopic (exact) mass is 299 g/mol. The zero-order valence-electron chi connectivity index (χ0n) is 10.9. The number of hydrogen-bond donors (Lipinski definition) is 2. The van der Waals surface area contributed by atoms with E-state index in [1.807, 2.05) is 13.2 Å². The van der Waals surface area contributed by atoms with E-state index < -0.39 is 10.0 Å². The van der Waals surface area contributed by atoms with Crippen LogP contribution in [-0.4, -0.2) is 38.2 Å². The number of rotatable bonds is 5. The Morgan fingerprint density at radius 2 is 2.00 bits per heavy atom.